The molecule has 1 heterocycles. The van der Waals surface area contributed by atoms with Crippen LogP contribution in [-0.4, -0.2) is 43.7 Å². The van der Waals surface area contributed by atoms with Gasteiger partial charge in [0, 0.05) is 30.2 Å². The van der Waals surface area contributed by atoms with Gasteiger partial charge in [-0.05, 0) is 12.1 Å². The number of hydrogen-bond acceptors (Lipinski definition) is 4. The molecule has 1 aliphatic rings. The molecule has 1 aromatic carbocycles. The zero-order valence-electron chi connectivity index (χ0n) is 10.9. The largest absolute Gasteiger partial charge is 0.482 e. The van der Waals surface area contributed by atoms with Crippen LogP contribution in [0.5, 0.6) is 5.75 Å². The van der Waals surface area contributed by atoms with Crippen LogP contribution in [0.2, 0.25) is 10.0 Å². The third kappa shape index (κ3) is 3.76. The number of carbonyl (C=O) groups excluding carboxylic acids is 1. The lowest BCUT2D eigenvalue weighted by atomic mass is 10.2. The Balaban J connectivity index is 2.01. The van der Waals surface area contributed by atoms with Crippen LogP contribution in [0, 0.1) is 0 Å². The van der Waals surface area contributed by atoms with Gasteiger partial charge < -0.3 is 20.1 Å². The van der Waals surface area contributed by atoms with E-state index in [1.54, 1.807) is 17.0 Å². The lowest BCUT2D eigenvalue weighted by Gasteiger charge is -2.27. The molecule has 0 bridgehead atoms. The monoisotopic (exact) mass is 318 g/mol. The van der Waals surface area contributed by atoms with Gasteiger partial charge in [0.25, 0.3) is 5.91 Å². The van der Waals surface area contributed by atoms with Gasteiger partial charge >= 0.3 is 0 Å². The van der Waals surface area contributed by atoms with E-state index in [0.29, 0.717) is 47.7 Å². The molecule has 110 valence electrons. The number of rotatable bonds is 4. The Bertz CT molecular complexity index is 491. The quantitative estimate of drug-likeness (QED) is 0.917. The molecule has 1 amide bonds. The first-order valence-corrected chi connectivity index (χ1v) is 7.03. The number of hydrogen-bond donors (Lipinski definition) is 1. The highest BCUT2D eigenvalue weighted by molar-refractivity contribution is 6.35. The van der Waals surface area contributed by atoms with Crippen LogP contribution in [0.1, 0.15) is 5.56 Å². The molecule has 7 heteroatoms. The van der Waals surface area contributed by atoms with Crippen molar-refractivity contribution in [3.05, 3.63) is 27.7 Å². The van der Waals surface area contributed by atoms with Gasteiger partial charge in [0.05, 0.1) is 18.2 Å². The third-order valence-corrected chi connectivity index (χ3v) is 3.51. The van der Waals surface area contributed by atoms with E-state index < -0.39 is 0 Å². The number of nitrogens with zero attached hydrogens (tertiary/aromatic N) is 1. The van der Waals surface area contributed by atoms with Gasteiger partial charge in [-0.15, -0.1) is 0 Å². The summed E-state index contributed by atoms with van der Waals surface area (Å²) in [5.41, 5.74) is 6.31. The highest BCUT2D eigenvalue weighted by Crippen LogP contribution is 2.32. The zero-order chi connectivity index (χ0) is 14.5. The number of nitrogens with two attached hydrogens (primary N) is 1. The van der Waals surface area contributed by atoms with Crippen LogP contribution in [0.15, 0.2) is 12.1 Å². The van der Waals surface area contributed by atoms with Crippen molar-refractivity contribution in [2.45, 2.75) is 6.54 Å². The number of morpholine rings is 1. The molecule has 20 heavy (non-hydrogen) atoms. The van der Waals surface area contributed by atoms with Crippen molar-refractivity contribution in [1.82, 2.24) is 4.90 Å². The Morgan fingerprint density at radius 1 is 1.35 bits per heavy atom. The number of ether oxygens (including phenoxy) is 2. The van der Waals surface area contributed by atoms with Crippen LogP contribution in [-0.2, 0) is 16.1 Å². The fourth-order valence-corrected chi connectivity index (χ4v) is 2.55. The smallest absolute Gasteiger partial charge is 0.260 e. The summed E-state index contributed by atoms with van der Waals surface area (Å²) in [5.74, 6) is 0.322. The minimum atomic E-state index is -0.0951. The highest BCUT2D eigenvalue weighted by atomic mass is 35.5. The maximum Gasteiger partial charge on any atom is 0.260 e. The lowest BCUT2D eigenvalue weighted by molar-refractivity contribution is -0.137. The summed E-state index contributed by atoms with van der Waals surface area (Å²) in [6.45, 7) is 2.44. The molecule has 0 radical (unpaired) electrons. The Kier molecular flexibility index (Phi) is 5.48. The Labute approximate surface area is 127 Å². The van der Waals surface area contributed by atoms with Gasteiger partial charge in [-0.3, -0.25) is 4.79 Å². The first kappa shape index (κ1) is 15.4. The minimum Gasteiger partial charge on any atom is -0.482 e. The molecule has 0 atom stereocenters. The van der Waals surface area contributed by atoms with Gasteiger partial charge in [0.1, 0.15) is 5.75 Å². The molecule has 0 spiro atoms. The summed E-state index contributed by atoms with van der Waals surface area (Å²) < 4.78 is 10.7. The molecule has 1 aliphatic heterocycles. The van der Waals surface area contributed by atoms with Crippen LogP contribution >= 0.6 is 23.2 Å². The van der Waals surface area contributed by atoms with Crippen molar-refractivity contribution in [2.75, 3.05) is 32.9 Å². The lowest BCUT2D eigenvalue weighted by Crippen LogP contribution is -2.43. The minimum absolute atomic E-state index is 0.0750. The molecule has 2 N–H and O–H groups in total. The molecular weight excluding hydrogens is 303 g/mol. The van der Waals surface area contributed by atoms with Crippen LogP contribution in [0.3, 0.4) is 0 Å². The second kappa shape index (κ2) is 7.13. The van der Waals surface area contributed by atoms with Crippen molar-refractivity contribution in [3.8, 4) is 5.75 Å². The van der Waals surface area contributed by atoms with Crippen molar-refractivity contribution >= 4 is 29.1 Å². The molecule has 0 saturated carbocycles. The second-order valence-corrected chi connectivity index (χ2v) is 5.21. The Hall–Kier alpha value is -1.01. The van der Waals surface area contributed by atoms with Gasteiger partial charge in [-0.2, -0.15) is 0 Å². The Morgan fingerprint density at radius 2 is 2.05 bits per heavy atom. The zero-order valence-corrected chi connectivity index (χ0v) is 12.4. The predicted octanol–water partition coefficient (Wildman–Crippen LogP) is 1.69. The van der Waals surface area contributed by atoms with Crippen molar-refractivity contribution < 1.29 is 14.3 Å². The fourth-order valence-electron chi connectivity index (χ4n) is 1.96. The summed E-state index contributed by atoms with van der Waals surface area (Å²) >= 11 is 12.0. The van der Waals surface area contributed by atoms with Crippen LogP contribution in [0.4, 0.5) is 0 Å². The van der Waals surface area contributed by atoms with E-state index in [0.717, 1.165) is 0 Å². The van der Waals surface area contributed by atoms with Gasteiger partial charge in [0.15, 0.2) is 6.61 Å². The summed E-state index contributed by atoms with van der Waals surface area (Å²) in [5, 5.41) is 0.843. The maximum absolute atomic E-state index is 12.0. The van der Waals surface area contributed by atoms with Crippen molar-refractivity contribution in [2.24, 2.45) is 5.73 Å². The highest BCUT2D eigenvalue weighted by Gasteiger charge is 2.18. The molecule has 1 aromatic rings. The van der Waals surface area contributed by atoms with E-state index in [1.165, 1.54) is 0 Å². The fraction of sp³-hybridized carbons (Fsp3) is 0.462. The van der Waals surface area contributed by atoms with E-state index in [4.69, 9.17) is 38.4 Å². The number of benzene rings is 1. The summed E-state index contributed by atoms with van der Waals surface area (Å²) in [6, 6.07) is 3.25. The van der Waals surface area contributed by atoms with E-state index in [9.17, 15) is 4.79 Å². The normalized spacial score (nSPS) is 15.2. The van der Waals surface area contributed by atoms with Gasteiger partial charge in [-0.1, -0.05) is 23.2 Å². The second-order valence-electron chi connectivity index (χ2n) is 4.36. The molecule has 0 unspecified atom stereocenters. The van der Waals surface area contributed by atoms with E-state index in [1.807, 2.05) is 0 Å². The average Bonchev–Trinajstić information content (AvgIpc) is 2.46. The van der Waals surface area contributed by atoms with Crippen molar-refractivity contribution in [1.29, 1.82) is 0 Å². The molecule has 1 fully saturated rings. The van der Waals surface area contributed by atoms with Gasteiger partial charge in [0.2, 0.25) is 0 Å². The SMILES string of the molecule is NCc1cc(Cl)cc(Cl)c1OCC(=O)N1CCOCC1. The van der Waals surface area contributed by atoms with Gasteiger partial charge in [-0.25, -0.2) is 0 Å². The number of amides is 1. The molecule has 1 saturated heterocycles. The van der Waals surface area contributed by atoms with Crippen LogP contribution in [0.25, 0.3) is 0 Å². The third-order valence-electron chi connectivity index (χ3n) is 3.01. The number of carbonyl (C=O) groups is 1. The van der Waals surface area contributed by atoms with E-state index in [2.05, 4.69) is 0 Å². The number of halogens is 2. The molecular formula is C13H16Cl2N2O3. The molecule has 0 aliphatic carbocycles. The van der Waals surface area contributed by atoms with E-state index >= 15 is 0 Å². The molecule has 5 nitrogen and oxygen atoms in total. The topological polar surface area (TPSA) is 64.8 Å². The molecule has 0 aromatic heterocycles. The van der Waals surface area contributed by atoms with Crippen molar-refractivity contribution in [3.63, 3.8) is 0 Å². The first-order valence-electron chi connectivity index (χ1n) is 6.28. The van der Waals surface area contributed by atoms with Crippen LogP contribution < -0.4 is 10.5 Å². The summed E-state index contributed by atoms with van der Waals surface area (Å²) in [4.78, 5) is 13.7. The molecule has 2 rings (SSSR count). The average molecular weight is 319 g/mol. The summed E-state index contributed by atoms with van der Waals surface area (Å²) in [6.07, 6.45) is 0. The van der Waals surface area contributed by atoms with E-state index in [-0.39, 0.29) is 19.1 Å². The first-order chi connectivity index (χ1) is 9.61. The standard InChI is InChI=1S/C13H16Cl2N2O3/c14-10-5-9(7-16)13(11(15)6-10)20-8-12(18)17-1-3-19-4-2-17/h5-6H,1-4,7-8,16H2. The predicted molar refractivity (Wildman–Crippen MR) is 77.2 cm³/mol. The summed E-state index contributed by atoms with van der Waals surface area (Å²) in [7, 11) is 0. The Morgan fingerprint density at radius 3 is 2.70 bits per heavy atom. The maximum atomic E-state index is 12.0.